The summed E-state index contributed by atoms with van der Waals surface area (Å²) in [4.78, 5) is 7.98. The molecular weight excluding hydrogens is 126 g/mol. The lowest BCUT2D eigenvalue weighted by Gasteiger charge is -1.94. The van der Waals surface area contributed by atoms with Crippen molar-refractivity contribution in [3.05, 3.63) is 30.5 Å². The molecule has 0 atom stereocenters. The average Bonchev–Trinajstić information content (AvgIpc) is 2.05. The van der Waals surface area contributed by atoms with E-state index in [4.69, 9.17) is 5.73 Å². The molecule has 0 spiro atoms. The van der Waals surface area contributed by atoms with Crippen molar-refractivity contribution in [2.75, 3.05) is 0 Å². The third-order valence-corrected chi connectivity index (χ3v) is 1.17. The molecule has 0 aliphatic heterocycles. The quantitative estimate of drug-likeness (QED) is 0.619. The molecule has 0 aliphatic rings. The number of nitrogens with zero attached hydrogens (tertiary/aromatic N) is 2. The van der Waals surface area contributed by atoms with E-state index in [1.807, 2.05) is 6.92 Å². The Kier molecular flexibility index (Phi) is 1.99. The summed E-state index contributed by atoms with van der Waals surface area (Å²) in [5, 5.41) is 0. The van der Waals surface area contributed by atoms with E-state index < -0.39 is 0 Å². The van der Waals surface area contributed by atoms with Gasteiger partial charge in [0.25, 0.3) is 0 Å². The lowest BCUT2D eigenvalue weighted by atomic mass is 10.3. The van der Waals surface area contributed by atoms with E-state index in [0.29, 0.717) is 5.82 Å². The predicted molar refractivity (Wildman–Crippen MR) is 39.9 cm³/mol. The first kappa shape index (κ1) is 6.74. The highest BCUT2D eigenvalue weighted by molar-refractivity contribution is 5.55. The standard InChI is InChI=1S/C7H9N3/c1-6(5-8)7-9-3-2-4-10-7/h2-5H,8H2,1H3/b6-5-. The second-order valence-electron chi connectivity index (χ2n) is 1.92. The Bertz CT molecular complexity index is 228. The van der Waals surface area contributed by atoms with Crippen molar-refractivity contribution in [1.82, 2.24) is 9.97 Å². The van der Waals surface area contributed by atoms with Crippen LogP contribution in [0.5, 0.6) is 0 Å². The zero-order valence-electron chi connectivity index (χ0n) is 5.78. The summed E-state index contributed by atoms with van der Waals surface area (Å²) >= 11 is 0. The van der Waals surface area contributed by atoms with Crippen molar-refractivity contribution in [2.45, 2.75) is 6.92 Å². The number of hydrogen-bond donors (Lipinski definition) is 1. The molecule has 0 fully saturated rings. The summed E-state index contributed by atoms with van der Waals surface area (Å²) in [6.07, 6.45) is 4.88. The first-order valence-corrected chi connectivity index (χ1v) is 3.00. The van der Waals surface area contributed by atoms with E-state index in [-0.39, 0.29) is 0 Å². The number of allylic oxidation sites excluding steroid dienone is 1. The summed E-state index contributed by atoms with van der Waals surface area (Å²) in [7, 11) is 0. The molecule has 0 bridgehead atoms. The molecule has 0 radical (unpaired) electrons. The summed E-state index contributed by atoms with van der Waals surface area (Å²) in [5.74, 6) is 0.685. The van der Waals surface area contributed by atoms with Crippen LogP contribution in [0.4, 0.5) is 0 Å². The summed E-state index contributed by atoms with van der Waals surface area (Å²) in [5.41, 5.74) is 6.15. The maximum absolute atomic E-state index is 5.26. The smallest absolute Gasteiger partial charge is 0.156 e. The maximum Gasteiger partial charge on any atom is 0.156 e. The van der Waals surface area contributed by atoms with Crippen molar-refractivity contribution >= 4 is 5.57 Å². The van der Waals surface area contributed by atoms with E-state index in [0.717, 1.165) is 5.57 Å². The minimum Gasteiger partial charge on any atom is -0.404 e. The third kappa shape index (κ3) is 1.31. The van der Waals surface area contributed by atoms with Crippen molar-refractivity contribution in [3.8, 4) is 0 Å². The molecule has 0 aliphatic carbocycles. The molecule has 1 rings (SSSR count). The topological polar surface area (TPSA) is 51.8 Å². The van der Waals surface area contributed by atoms with Crippen LogP contribution in [0, 0.1) is 0 Å². The Morgan fingerprint density at radius 3 is 2.60 bits per heavy atom. The number of hydrogen-bond acceptors (Lipinski definition) is 3. The summed E-state index contributed by atoms with van der Waals surface area (Å²) in [6.45, 7) is 1.87. The van der Waals surface area contributed by atoms with Crippen LogP contribution in [0.3, 0.4) is 0 Å². The monoisotopic (exact) mass is 135 g/mol. The van der Waals surface area contributed by atoms with Gasteiger partial charge in [0.1, 0.15) is 0 Å². The second-order valence-corrected chi connectivity index (χ2v) is 1.92. The molecule has 10 heavy (non-hydrogen) atoms. The average molecular weight is 135 g/mol. The van der Waals surface area contributed by atoms with Gasteiger partial charge < -0.3 is 5.73 Å². The Morgan fingerprint density at radius 1 is 1.50 bits per heavy atom. The van der Waals surface area contributed by atoms with Crippen LogP contribution in [-0.4, -0.2) is 9.97 Å². The van der Waals surface area contributed by atoms with E-state index >= 15 is 0 Å². The van der Waals surface area contributed by atoms with Gasteiger partial charge in [-0.05, 0) is 13.0 Å². The molecule has 0 amide bonds. The van der Waals surface area contributed by atoms with Gasteiger partial charge in [0.15, 0.2) is 5.82 Å². The molecular formula is C7H9N3. The van der Waals surface area contributed by atoms with Crippen molar-refractivity contribution in [1.29, 1.82) is 0 Å². The highest BCUT2D eigenvalue weighted by atomic mass is 14.9. The van der Waals surface area contributed by atoms with Gasteiger partial charge in [-0.1, -0.05) is 0 Å². The molecule has 52 valence electrons. The minimum absolute atomic E-state index is 0.685. The fourth-order valence-electron chi connectivity index (χ4n) is 0.577. The highest BCUT2D eigenvalue weighted by Gasteiger charge is 1.93. The lowest BCUT2D eigenvalue weighted by Crippen LogP contribution is -1.91. The SMILES string of the molecule is C/C(=C/N)c1ncccn1. The predicted octanol–water partition coefficient (Wildman–Crippen LogP) is 0.796. The molecule has 1 aromatic heterocycles. The summed E-state index contributed by atoms with van der Waals surface area (Å²) < 4.78 is 0. The largest absolute Gasteiger partial charge is 0.404 e. The lowest BCUT2D eigenvalue weighted by molar-refractivity contribution is 1.11. The molecule has 0 saturated heterocycles. The molecule has 3 nitrogen and oxygen atoms in total. The second kappa shape index (κ2) is 2.96. The maximum atomic E-state index is 5.26. The Hall–Kier alpha value is -1.38. The molecule has 0 aromatic carbocycles. The van der Waals surface area contributed by atoms with Crippen LogP contribution in [-0.2, 0) is 0 Å². The molecule has 1 heterocycles. The number of aromatic nitrogens is 2. The molecule has 3 heteroatoms. The molecule has 1 aromatic rings. The normalized spacial score (nSPS) is 11.5. The van der Waals surface area contributed by atoms with Crippen molar-refractivity contribution < 1.29 is 0 Å². The van der Waals surface area contributed by atoms with Crippen LogP contribution in [0.25, 0.3) is 5.57 Å². The van der Waals surface area contributed by atoms with E-state index in [2.05, 4.69) is 9.97 Å². The number of nitrogens with two attached hydrogens (primary N) is 1. The van der Waals surface area contributed by atoms with Gasteiger partial charge in [0, 0.05) is 24.2 Å². The van der Waals surface area contributed by atoms with Crippen molar-refractivity contribution in [3.63, 3.8) is 0 Å². The van der Waals surface area contributed by atoms with Gasteiger partial charge in [0.05, 0.1) is 0 Å². The van der Waals surface area contributed by atoms with Gasteiger partial charge >= 0.3 is 0 Å². The van der Waals surface area contributed by atoms with Crippen LogP contribution in [0.15, 0.2) is 24.7 Å². The van der Waals surface area contributed by atoms with Crippen LogP contribution in [0.2, 0.25) is 0 Å². The van der Waals surface area contributed by atoms with E-state index in [9.17, 15) is 0 Å². The zero-order chi connectivity index (χ0) is 7.40. The molecule has 0 unspecified atom stereocenters. The number of rotatable bonds is 1. The van der Waals surface area contributed by atoms with Gasteiger partial charge in [-0.15, -0.1) is 0 Å². The first-order valence-electron chi connectivity index (χ1n) is 3.00. The van der Waals surface area contributed by atoms with Gasteiger partial charge in [0.2, 0.25) is 0 Å². The van der Waals surface area contributed by atoms with Crippen LogP contribution < -0.4 is 5.73 Å². The Morgan fingerprint density at radius 2 is 2.10 bits per heavy atom. The zero-order valence-corrected chi connectivity index (χ0v) is 5.78. The molecule has 2 N–H and O–H groups in total. The van der Waals surface area contributed by atoms with Gasteiger partial charge in [-0.2, -0.15) is 0 Å². The molecule has 0 saturated carbocycles. The van der Waals surface area contributed by atoms with Crippen molar-refractivity contribution in [2.24, 2.45) is 5.73 Å². The van der Waals surface area contributed by atoms with E-state index in [1.54, 1.807) is 18.5 Å². The highest BCUT2D eigenvalue weighted by Crippen LogP contribution is 2.02. The van der Waals surface area contributed by atoms with Crippen LogP contribution in [0.1, 0.15) is 12.7 Å². The Balaban J connectivity index is 2.96. The Labute approximate surface area is 59.6 Å². The third-order valence-electron chi connectivity index (χ3n) is 1.17. The minimum atomic E-state index is 0.685. The first-order chi connectivity index (χ1) is 4.84. The van der Waals surface area contributed by atoms with E-state index in [1.165, 1.54) is 6.20 Å². The van der Waals surface area contributed by atoms with Crippen LogP contribution >= 0.6 is 0 Å². The fraction of sp³-hybridized carbons (Fsp3) is 0.143. The van der Waals surface area contributed by atoms with Gasteiger partial charge in [-0.25, -0.2) is 9.97 Å². The van der Waals surface area contributed by atoms with Gasteiger partial charge in [-0.3, -0.25) is 0 Å². The fourth-order valence-corrected chi connectivity index (χ4v) is 0.577. The summed E-state index contributed by atoms with van der Waals surface area (Å²) in [6, 6.07) is 1.77.